The molecule has 0 saturated carbocycles. The van der Waals surface area contributed by atoms with Gasteiger partial charge < -0.3 is 5.32 Å². The number of aliphatic imine (C=N–C) groups is 1. The first-order chi connectivity index (χ1) is 7.17. The maximum absolute atomic E-state index is 13.4. The molecule has 82 valence electrons. The van der Waals surface area contributed by atoms with E-state index in [4.69, 9.17) is 5.84 Å². The quantitative estimate of drug-likeness (QED) is 0.299. The van der Waals surface area contributed by atoms with Crippen molar-refractivity contribution in [1.29, 1.82) is 0 Å². The molecule has 4 N–H and O–H groups in total. The van der Waals surface area contributed by atoms with Crippen LogP contribution in [0, 0.1) is 12.7 Å². The number of nitrogens with zero attached hydrogens (tertiary/aromatic N) is 1. The molecule has 0 amide bonds. The summed E-state index contributed by atoms with van der Waals surface area (Å²) in [6, 6.07) is 4.90. The van der Waals surface area contributed by atoms with Crippen molar-refractivity contribution < 1.29 is 4.39 Å². The Bertz CT molecular complexity index is 362. The van der Waals surface area contributed by atoms with Crippen molar-refractivity contribution in [2.75, 3.05) is 11.9 Å². The summed E-state index contributed by atoms with van der Waals surface area (Å²) in [5.74, 6) is 5.24. The summed E-state index contributed by atoms with van der Waals surface area (Å²) < 4.78 is 13.4. The molecular formula is C10H15FN4. The van der Waals surface area contributed by atoms with Gasteiger partial charge in [0.15, 0.2) is 0 Å². The van der Waals surface area contributed by atoms with E-state index in [0.717, 1.165) is 5.56 Å². The summed E-state index contributed by atoms with van der Waals surface area (Å²) >= 11 is 0. The molecule has 0 aliphatic rings. The minimum Gasteiger partial charge on any atom is -0.323 e. The Balaban J connectivity index is 2.84. The molecule has 0 aromatic heterocycles. The summed E-state index contributed by atoms with van der Waals surface area (Å²) in [5.41, 5.74) is 3.59. The minimum absolute atomic E-state index is 0.325. The van der Waals surface area contributed by atoms with E-state index >= 15 is 0 Å². The maximum atomic E-state index is 13.4. The van der Waals surface area contributed by atoms with Crippen LogP contribution < -0.4 is 16.6 Å². The van der Waals surface area contributed by atoms with Crippen molar-refractivity contribution in [2.45, 2.75) is 13.8 Å². The van der Waals surface area contributed by atoms with Crippen LogP contribution in [-0.4, -0.2) is 12.5 Å². The number of rotatable bonds is 2. The van der Waals surface area contributed by atoms with Crippen LogP contribution in [0.3, 0.4) is 0 Å². The lowest BCUT2D eigenvalue weighted by molar-refractivity contribution is 0.630. The summed E-state index contributed by atoms with van der Waals surface area (Å²) in [6.07, 6.45) is 0. The smallest absolute Gasteiger partial charge is 0.210 e. The van der Waals surface area contributed by atoms with Gasteiger partial charge in [-0.15, -0.1) is 0 Å². The number of hydrogen-bond donors (Lipinski definition) is 3. The van der Waals surface area contributed by atoms with Crippen molar-refractivity contribution in [3.8, 4) is 0 Å². The van der Waals surface area contributed by atoms with Crippen molar-refractivity contribution in [3.05, 3.63) is 29.6 Å². The number of guanidine groups is 1. The Morgan fingerprint density at radius 2 is 2.27 bits per heavy atom. The van der Waals surface area contributed by atoms with E-state index in [9.17, 15) is 4.39 Å². The molecular weight excluding hydrogens is 195 g/mol. The third-order valence-corrected chi connectivity index (χ3v) is 1.83. The fraction of sp³-hybridized carbons (Fsp3) is 0.300. The van der Waals surface area contributed by atoms with Crippen LogP contribution in [0.2, 0.25) is 0 Å². The molecule has 15 heavy (non-hydrogen) atoms. The number of halogens is 1. The lowest BCUT2D eigenvalue weighted by atomic mass is 10.2. The van der Waals surface area contributed by atoms with E-state index in [1.807, 2.05) is 19.9 Å². The first-order valence-electron chi connectivity index (χ1n) is 4.71. The first kappa shape index (κ1) is 11.5. The minimum atomic E-state index is -0.325. The molecule has 0 radical (unpaired) electrons. The Morgan fingerprint density at radius 3 is 2.80 bits per heavy atom. The topological polar surface area (TPSA) is 62.4 Å². The first-order valence-corrected chi connectivity index (χ1v) is 4.71. The number of benzene rings is 1. The van der Waals surface area contributed by atoms with Crippen LogP contribution >= 0.6 is 0 Å². The normalized spacial score (nSPS) is 11.3. The second-order valence-corrected chi connectivity index (χ2v) is 3.08. The molecule has 0 fully saturated rings. The van der Waals surface area contributed by atoms with Crippen molar-refractivity contribution in [1.82, 2.24) is 5.43 Å². The summed E-state index contributed by atoms with van der Waals surface area (Å²) in [7, 11) is 0. The molecule has 0 atom stereocenters. The van der Waals surface area contributed by atoms with E-state index in [1.165, 1.54) is 6.07 Å². The predicted octanol–water partition coefficient (Wildman–Crippen LogP) is 1.39. The average Bonchev–Trinajstić information content (AvgIpc) is 2.21. The van der Waals surface area contributed by atoms with E-state index in [2.05, 4.69) is 15.7 Å². The molecule has 5 heteroatoms. The second kappa shape index (κ2) is 5.31. The Kier molecular flexibility index (Phi) is 4.05. The average molecular weight is 210 g/mol. The lowest BCUT2D eigenvalue weighted by Crippen LogP contribution is -2.36. The fourth-order valence-electron chi connectivity index (χ4n) is 1.13. The molecule has 0 aliphatic carbocycles. The number of anilines is 1. The van der Waals surface area contributed by atoms with Crippen molar-refractivity contribution >= 4 is 11.6 Å². The van der Waals surface area contributed by atoms with E-state index in [1.54, 1.807) is 6.07 Å². The van der Waals surface area contributed by atoms with E-state index in [0.29, 0.717) is 18.2 Å². The molecule has 0 aliphatic heterocycles. The Morgan fingerprint density at radius 1 is 1.53 bits per heavy atom. The highest BCUT2D eigenvalue weighted by Crippen LogP contribution is 2.14. The van der Waals surface area contributed by atoms with Crippen LogP contribution in [0.1, 0.15) is 12.5 Å². The highest BCUT2D eigenvalue weighted by molar-refractivity contribution is 5.93. The third kappa shape index (κ3) is 3.21. The molecule has 0 saturated heterocycles. The summed E-state index contributed by atoms with van der Waals surface area (Å²) in [5, 5.41) is 2.76. The van der Waals surface area contributed by atoms with Gasteiger partial charge >= 0.3 is 0 Å². The second-order valence-electron chi connectivity index (χ2n) is 3.08. The zero-order valence-electron chi connectivity index (χ0n) is 8.84. The van der Waals surface area contributed by atoms with Gasteiger partial charge in [-0.05, 0) is 31.5 Å². The monoisotopic (exact) mass is 210 g/mol. The van der Waals surface area contributed by atoms with Gasteiger partial charge in [-0.2, -0.15) is 0 Å². The van der Waals surface area contributed by atoms with Crippen molar-refractivity contribution in [3.63, 3.8) is 0 Å². The number of hydrazine groups is 1. The number of nitrogens with two attached hydrogens (primary N) is 1. The summed E-state index contributed by atoms with van der Waals surface area (Å²) in [4.78, 5) is 4.00. The van der Waals surface area contributed by atoms with Crippen LogP contribution in [0.15, 0.2) is 23.2 Å². The predicted molar refractivity (Wildman–Crippen MR) is 60.1 cm³/mol. The van der Waals surface area contributed by atoms with Gasteiger partial charge in [0.05, 0.1) is 5.69 Å². The molecule has 1 aromatic rings. The largest absolute Gasteiger partial charge is 0.323 e. The van der Waals surface area contributed by atoms with Gasteiger partial charge in [0, 0.05) is 6.54 Å². The zero-order chi connectivity index (χ0) is 11.3. The standard InChI is InChI=1S/C10H15FN4/c1-3-13-10(15-12)14-9-5-4-7(2)6-8(9)11/h4-6H,3,12H2,1-2H3,(H2,13,14,15). The number of aryl methyl sites for hydroxylation is 1. The fourth-order valence-corrected chi connectivity index (χ4v) is 1.13. The van der Waals surface area contributed by atoms with E-state index in [-0.39, 0.29) is 5.82 Å². The molecule has 1 aromatic carbocycles. The van der Waals surface area contributed by atoms with Gasteiger partial charge in [0.1, 0.15) is 5.82 Å². The summed E-state index contributed by atoms with van der Waals surface area (Å²) in [6.45, 7) is 4.26. The number of hydrogen-bond acceptors (Lipinski definition) is 2. The zero-order valence-corrected chi connectivity index (χ0v) is 8.84. The molecule has 0 bridgehead atoms. The van der Waals surface area contributed by atoms with Gasteiger partial charge in [0.25, 0.3) is 0 Å². The van der Waals surface area contributed by atoms with Gasteiger partial charge in [-0.3, -0.25) is 10.4 Å². The Hall–Kier alpha value is -1.62. The van der Waals surface area contributed by atoms with Crippen molar-refractivity contribution in [2.24, 2.45) is 10.8 Å². The van der Waals surface area contributed by atoms with Crippen LogP contribution in [0.5, 0.6) is 0 Å². The Labute approximate surface area is 88.4 Å². The molecule has 1 rings (SSSR count). The highest BCUT2D eigenvalue weighted by Gasteiger charge is 2.03. The molecule has 0 heterocycles. The molecule has 0 unspecified atom stereocenters. The van der Waals surface area contributed by atoms with Gasteiger partial charge in [-0.25, -0.2) is 10.2 Å². The van der Waals surface area contributed by atoms with Crippen LogP contribution in [0.25, 0.3) is 0 Å². The molecule has 0 spiro atoms. The van der Waals surface area contributed by atoms with Gasteiger partial charge in [0.2, 0.25) is 5.96 Å². The SMILES string of the molecule is CCN=C(NN)Nc1ccc(C)cc1F. The lowest BCUT2D eigenvalue weighted by Gasteiger charge is -2.09. The third-order valence-electron chi connectivity index (χ3n) is 1.83. The van der Waals surface area contributed by atoms with Crippen LogP contribution in [0.4, 0.5) is 10.1 Å². The van der Waals surface area contributed by atoms with Crippen LogP contribution in [-0.2, 0) is 0 Å². The van der Waals surface area contributed by atoms with Gasteiger partial charge in [-0.1, -0.05) is 6.07 Å². The highest BCUT2D eigenvalue weighted by atomic mass is 19.1. The maximum Gasteiger partial charge on any atom is 0.210 e. The van der Waals surface area contributed by atoms with E-state index < -0.39 is 0 Å². The number of nitrogens with one attached hydrogen (secondary N) is 2. The molecule has 4 nitrogen and oxygen atoms in total.